The first-order valence-electron chi connectivity index (χ1n) is 14.3. The number of hydrogen-bond acceptors (Lipinski definition) is 6. The van der Waals surface area contributed by atoms with Crippen LogP contribution in [-0.2, 0) is 9.47 Å². The Morgan fingerprint density at radius 2 is 0.789 bits per heavy atom. The highest BCUT2D eigenvalue weighted by Gasteiger charge is 2.27. The van der Waals surface area contributed by atoms with E-state index in [-0.39, 0.29) is 24.3 Å². The summed E-state index contributed by atoms with van der Waals surface area (Å²) in [6.07, 6.45) is 17.0. The van der Waals surface area contributed by atoms with E-state index in [2.05, 4.69) is 13.8 Å². The largest absolute Gasteiger partial charge is 0.478 e. The number of rotatable bonds is 22. The molecule has 0 aromatic heterocycles. The van der Waals surface area contributed by atoms with E-state index in [1.807, 2.05) is 0 Å². The molecule has 0 spiro atoms. The standard InChI is InChI=1S/C30H46O8/c1-3-5-7-9-11-13-15-17-19-37-29(35)25-22-26(24(28(33)34)21-23(25)27(31)32)30(36)38-20-18-16-14-12-10-8-6-4-2/h21-22H,3-20H2,1-2H3,(H,31,32)(H,33,34). The lowest BCUT2D eigenvalue weighted by molar-refractivity contribution is 0.0479. The number of esters is 2. The van der Waals surface area contributed by atoms with Crippen LogP contribution in [0.2, 0.25) is 0 Å². The molecule has 1 aromatic carbocycles. The number of carbonyl (C=O) groups is 4. The Bertz CT molecular complexity index is 810. The van der Waals surface area contributed by atoms with Gasteiger partial charge in [-0.05, 0) is 25.0 Å². The monoisotopic (exact) mass is 534 g/mol. The molecule has 0 aliphatic carbocycles. The van der Waals surface area contributed by atoms with Crippen molar-refractivity contribution in [2.24, 2.45) is 0 Å². The summed E-state index contributed by atoms with van der Waals surface area (Å²) in [7, 11) is 0. The molecule has 0 amide bonds. The van der Waals surface area contributed by atoms with Crippen molar-refractivity contribution in [3.8, 4) is 0 Å². The van der Waals surface area contributed by atoms with Crippen molar-refractivity contribution in [2.75, 3.05) is 13.2 Å². The van der Waals surface area contributed by atoms with Gasteiger partial charge in [-0.1, -0.05) is 104 Å². The van der Waals surface area contributed by atoms with Gasteiger partial charge in [0.15, 0.2) is 0 Å². The summed E-state index contributed by atoms with van der Waals surface area (Å²) in [5, 5.41) is 19.1. The maximum atomic E-state index is 12.7. The van der Waals surface area contributed by atoms with E-state index in [4.69, 9.17) is 9.47 Å². The highest BCUT2D eigenvalue weighted by molar-refractivity contribution is 6.09. The predicted octanol–water partition coefficient (Wildman–Crippen LogP) is 7.68. The van der Waals surface area contributed by atoms with Gasteiger partial charge in [-0.3, -0.25) is 0 Å². The number of aromatic carboxylic acids is 2. The highest BCUT2D eigenvalue weighted by atomic mass is 16.5. The molecule has 0 fully saturated rings. The summed E-state index contributed by atoms with van der Waals surface area (Å²) in [5.74, 6) is -4.77. The third-order valence-corrected chi connectivity index (χ3v) is 6.52. The molecule has 8 heteroatoms. The summed E-state index contributed by atoms with van der Waals surface area (Å²) < 4.78 is 10.5. The fraction of sp³-hybridized carbons (Fsp3) is 0.667. The van der Waals surface area contributed by atoms with Crippen LogP contribution in [0.1, 0.15) is 158 Å². The minimum Gasteiger partial charge on any atom is -0.478 e. The van der Waals surface area contributed by atoms with Gasteiger partial charge in [-0.15, -0.1) is 0 Å². The Morgan fingerprint density at radius 1 is 0.500 bits per heavy atom. The van der Waals surface area contributed by atoms with Crippen molar-refractivity contribution in [2.45, 2.75) is 117 Å². The third-order valence-electron chi connectivity index (χ3n) is 6.52. The molecule has 8 nitrogen and oxygen atoms in total. The van der Waals surface area contributed by atoms with Crippen molar-refractivity contribution < 1.29 is 38.9 Å². The van der Waals surface area contributed by atoms with Crippen molar-refractivity contribution in [3.63, 3.8) is 0 Å². The second-order valence-electron chi connectivity index (χ2n) is 9.78. The Morgan fingerprint density at radius 3 is 1.11 bits per heavy atom. The minimum atomic E-state index is -1.48. The zero-order valence-corrected chi connectivity index (χ0v) is 23.2. The quantitative estimate of drug-likeness (QED) is 0.114. The van der Waals surface area contributed by atoms with Gasteiger partial charge < -0.3 is 19.7 Å². The van der Waals surface area contributed by atoms with Gasteiger partial charge in [0.2, 0.25) is 0 Å². The van der Waals surface area contributed by atoms with Crippen LogP contribution in [0.25, 0.3) is 0 Å². The first-order valence-corrected chi connectivity index (χ1v) is 14.3. The fourth-order valence-corrected chi connectivity index (χ4v) is 4.25. The molecule has 0 radical (unpaired) electrons. The van der Waals surface area contributed by atoms with Gasteiger partial charge in [0, 0.05) is 0 Å². The van der Waals surface area contributed by atoms with E-state index in [1.165, 1.54) is 51.4 Å². The predicted molar refractivity (Wildman–Crippen MR) is 146 cm³/mol. The number of carboxylic acid groups (broad SMARTS) is 2. The third kappa shape index (κ3) is 13.1. The van der Waals surface area contributed by atoms with Crippen LogP contribution in [0.5, 0.6) is 0 Å². The van der Waals surface area contributed by atoms with Gasteiger partial charge in [0.05, 0.1) is 35.5 Å². The Kier molecular flexibility index (Phi) is 17.5. The minimum absolute atomic E-state index is 0.117. The van der Waals surface area contributed by atoms with E-state index >= 15 is 0 Å². The normalized spacial score (nSPS) is 10.8. The maximum absolute atomic E-state index is 12.7. The van der Waals surface area contributed by atoms with Crippen molar-refractivity contribution in [1.29, 1.82) is 0 Å². The molecule has 0 aliphatic heterocycles. The number of carboxylic acids is 2. The fourth-order valence-electron chi connectivity index (χ4n) is 4.25. The summed E-state index contributed by atoms with van der Waals surface area (Å²) in [6.45, 7) is 4.57. The van der Waals surface area contributed by atoms with Crippen LogP contribution in [0, 0.1) is 0 Å². The number of carbonyl (C=O) groups excluding carboxylic acids is 2. The average molecular weight is 535 g/mol. The number of hydrogen-bond donors (Lipinski definition) is 2. The molecular weight excluding hydrogens is 488 g/mol. The molecule has 1 aromatic rings. The van der Waals surface area contributed by atoms with E-state index in [1.54, 1.807) is 0 Å². The topological polar surface area (TPSA) is 127 Å². The Balaban J connectivity index is 2.70. The van der Waals surface area contributed by atoms with E-state index in [0.717, 1.165) is 50.7 Å². The van der Waals surface area contributed by atoms with Gasteiger partial charge in [0.1, 0.15) is 0 Å². The van der Waals surface area contributed by atoms with Crippen LogP contribution in [-0.4, -0.2) is 47.3 Å². The van der Waals surface area contributed by atoms with E-state index < -0.39 is 35.0 Å². The van der Waals surface area contributed by atoms with Gasteiger partial charge in [0.25, 0.3) is 0 Å². The lowest BCUT2D eigenvalue weighted by Crippen LogP contribution is -2.19. The SMILES string of the molecule is CCCCCCCCCCOC(=O)c1cc(C(=O)OCCCCCCCCCC)c(C(=O)O)cc1C(=O)O. The Labute approximate surface area is 227 Å². The average Bonchev–Trinajstić information content (AvgIpc) is 2.90. The zero-order chi connectivity index (χ0) is 28.2. The molecule has 38 heavy (non-hydrogen) atoms. The lowest BCUT2D eigenvalue weighted by atomic mass is 9.98. The number of unbranched alkanes of at least 4 members (excludes halogenated alkanes) is 14. The molecular formula is C30H46O8. The van der Waals surface area contributed by atoms with E-state index in [9.17, 15) is 29.4 Å². The summed E-state index contributed by atoms with van der Waals surface area (Å²) >= 11 is 0. The summed E-state index contributed by atoms with van der Waals surface area (Å²) in [5.41, 5.74) is -1.77. The molecule has 0 heterocycles. The lowest BCUT2D eigenvalue weighted by Gasteiger charge is -2.12. The molecule has 0 saturated carbocycles. The first-order chi connectivity index (χ1) is 18.3. The van der Waals surface area contributed by atoms with Crippen LogP contribution < -0.4 is 0 Å². The van der Waals surface area contributed by atoms with Gasteiger partial charge in [-0.25, -0.2) is 19.2 Å². The maximum Gasteiger partial charge on any atom is 0.339 e. The molecule has 0 bridgehead atoms. The molecule has 0 unspecified atom stereocenters. The second-order valence-corrected chi connectivity index (χ2v) is 9.78. The summed E-state index contributed by atoms with van der Waals surface area (Å²) in [4.78, 5) is 48.8. The molecule has 0 atom stereocenters. The van der Waals surface area contributed by atoms with Gasteiger partial charge >= 0.3 is 23.9 Å². The first kappa shape index (κ1) is 33.1. The molecule has 2 N–H and O–H groups in total. The number of benzene rings is 1. The molecule has 0 aliphatic rings. The highest BCUT2D eigenvalue weighted by Crippen LogP contribution is 2.21. The summed E-state index contributed by atoms with van der Waals surface area (Å²) in [6, 6.07) is 1.80. The van der Waals surface area contributed by atoms with Crippen LogP contribution >= 0.6 is 0 Å². The van der Waals surface area contributed by atoms with E-state index in [0.29, 0.717) is 12.8 Å². The van der Waals surface area contributed by atoms with Crippen molar-refractivity contribution in [3.05, 3.63) is 34.4 Å². The van der Waals surface area contributed by atoms with Crippen molar-refractivity contribution >= 4 is 23.9 Å². The van der Waals surface area contributed by atoms with Gasteiger partial charge in [-0.2, -0.15) is 0 Å². The smallest absolute Gasteiger partial charge is 0.339 e. The second kappa shape index (κ2) is 20.1. The Hall–Kier alpha value is -2.90. The van der Waals surface area contributed by atoms with Crippen LogP contribution in [0.4, 0.5) is 0 Å². The number of ether oxygens (including phenoxy) is 2. The zero-order valence-electron chi connectivity index (χ0n) is 23.2. The molecule has 0 saturated heterocycles. The molecule has 1 rings (SSSR count). The van der Waals surface area contributed by atoms with Crippen LogP contribution in [0.15, 0.2) is 12.1 Å². The molecule has 214 valence electrons. The van der Waals surface area contributed by atoms with Crippen LogP contribution in [0.3, 0.4) is 0 Å². The van der Waals surface area contributed by atoms with Crippen molar-refractivity contribution in [1.82, 2.24) is 0 Å².